The minimum Gasteiger partial charge on any atom is -0.481 e. The summed E-state index contributed by atoms with van der Waals surface area (Å²) in [4.78, 5) is 22.6. The molecule has 1 unspecified atom stereocenters. The number of hydrogen-bond donors (Lipinski definition) is 1. The second-order valence-electron chi connectivity index (χ2n) is 6.54. The molecule has 0 spiro atoms. The lowest BCUT2D eigenvalue weighted by atomic mass is 9.96. The number of ether oxygens (including phenoxy) is 1. The molecule has 0 amide bonds. The first-order valence-electron chi connectivity index (χ1n) is 8.96. The lowest BCUT2D eigenvalue weighted by Gasteiger charge is -2.10. The fourth-order valence-corrected chi connectivity index (χ4v) is 3.85. The van der Waals surface area contributed by atoms with Crippen LogP contribution in [0.4, 0.5) is 0 Å². The van der Waals surface area contributed by atoms with Gasteiger partial charge in [-0.25, -0.2) is 8.42 Å². The number of carbonyl (C=O) groups is 2. The Morgan fingerprint density at radius 3 is 2.21 bits per heavy atom. The van der Waals surface area contributed by atoms with E-state index < -0.39 is 21.7 Å². The molecule has 150 valence electrons. The van der Waals surface area contributed by atoms with E-state index in [0.29, 0.717) is 13.0 Å². The highest BCUT2D eigenvalue weighted by Crippen LogP contribution is 2.16. The molecule has 0 heterocycles. The van der Waals surface area contributed by atoms with E-state index in [0.717, 1.165) is 11.1 Å². The van der Waals surface area contributed by atoms with Crippen LogP contribution in [0.15, 0.2) is 59.5 Å². The van der Waals surface area contributed by atoms with Crippen molar-refractivity contribution in [3.63, 3.8) is 0 Å². The third-order valence-corrected chi connectivity index (χ3v) is 6.10. The lowest BCUT2D eigenvalue weighted by molar-refractivity contribution is -0.145. The first-order chi connectivity index (χ1) is 13.3. The molecule has 2 aromatic rings. The predicted octanol–water partition coefficient (Wildman–Crippen LogP) is 2.90. The number of carboxylic acid groups (broad SMARTS) is 1. The van der Waals surface area contributed by atoms with Gasteiger partial charge < -0.3 is 9.84 Å². The number of carboxylic acids is 1. The summed E-state index contributed by atoms with van der Waals surface area (Å²) in [5.74, 6) is -2.68. The van der Waals surface area contributed by atoms with Gasteiger partial charge in [0.05, 0.1) is 23.9 Å². The maximum absolute atomic E-state index is 12.4. The van der Waals surface area contributed by atoms with Crippen molar-refractivity contribution in [2.24, 2.45) is 5.92 Å². The number of carbonyl (C=O) groups excluding carboxylic acids is 1. The van der Waals surface area contributed by atoms with Gasteiger partial charge >= 0.3 is 5.97 Å². The molecule has 0 radical (unpaired) electrons. The highest BCUT2D eigenvalue weighted by Gasteiger charge is 2.22. The highest BCUT2D eigenvalue weighted by molar-refractivity contribution is 7.91. The Kier molecular flexibility index (Phi) is 7.90. The number of aryl methyl sites for hydroxylation is 1. The first kappa shape index (κ1) is 21.8. The average molecular weight is 404 g/mol. The quantitative estimate of drug-likeness (QED) is 0.457. The van der Waals surface area contributed by atoms with Gasteiger partial charge in [0.25, 0.3) is 0 Å². The van der Waals surface area contributed by atoms with Crippen molar-refractivity contribution < 1.29 is 27.9 Å². The Balaban J connectivity index is 1.86. The number of hydrogen-bond acceptors (Lipinski definition) is 5. The van der Waals surface area contributed by atoms with E-state index in [9.17, 15) is 18.0 Å². The van der Waals surface area contributed by atoms with Crippen LogP contribution in [0.5, 0.6) is 0 Å². The number of aliphatic carboxylic acids is 1. The monoisotopic (exact) mass is 404 g/mol. The maximum Gasteiger partial charge on any atom is 0.314 e. The minimum absolute atomic E-state index is 0.0951. The maximum atomic E-state index is 12.4. The van der Waals surface area contributed by atoms with Crippen molar-refractivity contribution in [2.45, 2.75) is 31.3 Å². The smallest absolute Gasteiger partial charge is 0.314 e. The number of ketones is 1. The second-order valence-corrected chi connectivity index (χ2v) is 8.65. The van der Waals surface area contributed by atoms with Crippen molar-refractivity contribution in [3.8, 4) is 0 Å². The van der Waals surface area contributed by atoms with Crippen LogP contribution in [0.2, 0.25) is 0 Å². The lowest BCUT2D eigenvalue weighted by Crippen LogP contribution is -2.22. The summed E-state index contributed by atoms with van der Waals surface area (Å²) in [5, 5.41) is 9.04. The Bertz CT molecular complexity index is 874. The van der Waals surface area contributed by atoms with E-state index in [4.69, 9.17) is 9.84 Å². The molecule has 0 saturated carbocycles. The zero-order valence-corrected chi connectivity index (χ0v) is 16.5. The van der Waals surface area contributed by atoms with Crippen LogP contribution in [0.25, 0.3) is 0 Å². The Labute approximate surface area is 165 Å². The summed E-state index contributed by atoms with van der Waals surface area (Å²) < 4.78 is 30.2. The van der Waals surface area contributed by atoms with Gasteiger partial charge in [-0.05, 0) is 43.0 Å². The fourth-order valence-electron chi connectivity index (χ4n) is 2.73. The molecule has 1 N–H and O–H groups in total. The van der Waals surface area contributed by atoms with E-state index in [2.05, 4.69) is 0 Å². The van der Waals surface area contributed by atoms with Gasteiger partial charge in [0, 0.05) is 0 Å². The largest absolute Gasteiger partial charge is 0.481 e. The van der Waals surface area contributed by atoms with Gasteiger partial charge in [-0.15, -0.1) is 0 Å². The van der Waals surface area contributed by atoms with Crippen molar-refractivity contribution in [1.29, 1.82) is 0 Å². The van der Waals surface area contributed by atoms with E-state index in [1.165, 1.54) is 19.1 Å². The molecule has 2 aromatic carbocycles. The molecule has 2 rings (SSSR count). The molecule has 1 atom stereocenters. The molecule has 0 aromatic heterocycles. The van der Waals surface area contributed by atoms with E-state index in [1.54, 1.807) is 12.1 Å². The van der Waals surface area contributed by atoms with Gasteiger partial charge in [0.2, 0.25) is 0 Å². The van der Waals surface area contributed by atoms with Gasteiger partial charge in [-0.3, -0.25) is 9.59 Å². The van der Waals surface area contributed by atoms with E-state index in [1.807, 2.05) is 30.3 Å². The van der Waals surface area contributed by atoms with Crippen LogP contribution >= 0.6 is 0 Å². The topological polar surface area (TPSA) is 97.7 Å². The Morgan fingerprint density at radius 1 is 1.00 bits per heavy atom. The normalized spacial score (nSPS) is 12.5. The molecule has 0 saturated heterocycles. The molecular weight excluding hydrogens is 380 g/mol. The van der Waals surface area contributed by atoms with E-state index >= 15 is 0 Å². The van der Waals surface area contributed by atoms with Crippen LogP contribution in [-0.4, -0.2) is 37.6 Å². The predicted molar refractivity (Wildman–Crippen MR) is 105 cm³/mol. The van der Waals surface area contributed by atoms with Gasteiger partial charge in [-0.1, -0.05) is 42.5 Å². The summed E-state index contributed by atoms with van der Waals surface area (Å²) in [7, 11) is -3.46. The second kappa shape index (κ2) is 10.1. The standard InChI is InChI=1S/C21H24O6S/c1-16(22)20(21(23)24)12-9-17-7-10-19(11-8-17)28(25,26)14-13-27-15-18-5-3-2-4-6-18/h2-8,10-11,20H,9,12-15H2,1H3,(H,23,24). The number of benzene rings is 2. The fraction of sp³-hybridized carbons (Fsp3) is 0.333. The molecule has 0 aliphatic heterocycles. The van der Waals surface area contributed by atoms with Crippen LogP contribution in [0, 0.1) is 5.92 Å². The third kappa shape index (κ3) is 6.58. The van der Waals surface area contributed by atoms with Crippen molar-refractivity contribution in [2.75, 3.05) is 12.4 Å². The molecule has 6 nitrogen and oxygen atoms in total. The molecular formula is C21H24O6S. The van der Waals surface area contributed by atoms with Crippen molar-refractivity contribution in [3.05, 3.63) is 65.7 Å². The summed E-state index contributed by atoms with van der Waals surface area (Å²) in [6, 6.07) is 15.8. The molecule has 0 aliphatic carbocycles. The summed E-state index contributed by atoms with van der Waals surface area (Å²) in [6.07, 6.45) is 0.571. The molecule has 0 aliphatic rings. The van der Waals surface area contributed by atoms with Gasteiger partial charge in [0.15, 0.2) is 9.84 Å². The average Bonchev–Trinajstić information content (AvgIpc) is 2.66. The van der Waals surface area contributed by atoms with E-state index in [-0.39, 0.29) is 29.5 Å². The van der Waals surface area contributed by atoms with Crippen LogP contribution in [0.1, 0.15) is 24.5 Å². The van der Waals surface area contributed by atoms with Crippen LogP contribution in [-0.2, 0) is 37.2 Å². The van der Waals surface area contributed by atoms with Crippen molar-refractivity contribution in [1.82, 2.24) is 0 Å². The van der Waals surface area contributed by atoms with Crippen LogP contribution < -0.4 is 0 Å². The summed E-state index contributed by atoms with van der Waals surface area (Å²) in [5.41, 5.74) is 1.77. The highest BCUT2D eigenvalue weighted by atomic mass is 32.2. The minimum atomic E-state index is -3.46. The zero-order valence-electron chi connectivity index (χ0n) is 15.7. The third-order valence-electron chi connectivity index (χ3n) is 4.40. The SMILES string of the molecule is CC(=O)C(CCc1ccc(S(=O)(=O)CCOCc2ccccc2)cc1)C(=O)O. The zero-order chi connectivity index (χ0) is 20.6. The van der Waals surface area contributed by atoms with Gasteiger partial charge in [0.1, 0.15) is 11.7 Å². The first-order valence-corrected chi connectivity index (χ1v) is 10.6. The summed E-state index contributed by atoms with van der Waals surface area (Å²) >= 11 is 0. The molecule has 28 heavy (non-hydrogen) atoms. The van der Waals surface area contributed by atoms with Crippen molar-refractivity contribution >= 4 is 21.6 Å². The number of Topliss-reactive ketones (excluding diaryl/α,β-unsaturated/α-hetero) is 1. The summed E-state index contributed by atoms with van der Waals surface area (Å²) in [6.45, 7) is 1.71. The Morgan fingerprint density at radius 2 is 1.64 bits per heavy atom. The molecule has 7 heteroatoms. The molecule has 0 bridgehead atoms. The van der Waals surface area contributed by atoms with Gasteiger partial charge in [-0.2, -0.15) is 0 Å². The molecule has 0 fully saturated rings. The Hall–Kier alpha value is -2.51. The number of rotatable bonds is 11. The van der Waals surface area contributed by atoms with Crippen LogP contribution in [0.3, 0.4) is 0 Å². The number of sulfone groups is 1.